The summed E-state index contributed by atoms with van der Waals surface area (Å²) >= 11 is 7.46. The van der Waals surface area contributed by atoms with Gasteiger partial charge in [-0.15, -0.1) is 11.3 Å². The molecule has 0 aliphatic carbocycles. The van der Waals surface area contributed by atoms with Crippen LogP contribution in [0.5, 0.6) is 0 Å². The van der Waals surface area contributed by atoms with E-state index in [9.17, 15) is 27.2 Å². The van der Waals surface area contributed by atoms with E-state index in [1.54, 1.807) is 0 Å². The van der Waals surface area contributed by atoms with Crippen LogP contribution in [-0.2, 0) is 15.7 Å². The number of anilines is 2. The number of benzene rings is 2. The van der Waals surface area contributed by atoms with Crippen molar-refractivity contribution in [2.45, 2.75) is 18.5 Å². The standard InChI is InChI=1S/C29H23ClF4N4O3S/c1-41-27(40)20-14-38(11-10-18(20)16-6-3-2-4-7-16)25-22(30)12-17(13-35-25)26(39)37-28-36-23(15-42-28)19-8-5-9-21(24(19)31)29(32,33)34/h2-9,12-13,15,18,20H,10-11,14H2,1H3,(H,36,37,39). The summed E-state index contributed by atoms with van der Waals surface area (Å²) in [5, 5.41) is 4.13. The first-order valence-corrected chi connectivity index (χ1v) is 14.0. The van der Waals surface area contributed by atoms with E-state index in [0.29, 0.717) is 31.4 Å². The van der Waals surface area contributed by atoms with Gasteiger partial charge in [0, 0.05) is 36.1 Å². The number of amides is 1. The predicted molar refractivity (Wildman–Crippen MR) is 151 cm³/mol. The van der Waals surface area contributed by atoms with Crippen molar-refractivity contribution in [3.8, 4) is 11.3 Å². The zero-order valence-corrected chi connectivity index (χ0v) is 23.6. The molecule has 2 aromatic heterocycles. The van der Waals surface area contributed by atoms with Gasteiger partial charge in [0.25, 0.3) is 5.91 Å². The number of carbonyl (C=O) groups is 2. The molecule has 0 saturated carbocycles. The van der Waals surface area contributed by atoms with Crippen molar-refractivity contribution in [3.05, 3.63) is 93.7 Å². The molecule has 0 radical (unpaired) electrons. The Kier molecular flexibility index (Phi) is 8.46. The maximum absolute atomic E-state index is 14.5. The van der Waals surface area contributed by atoms with Crippen LogP contribution in [-0.4, -0.2) is 42.0 Å². The highest BCUT2D eigenvalue weighted by Crippen LogP contribution is 2.38. The molecule has 1 N–H and O–H groups in total. The number of hydrogen-bond donors (Lipinski definition) is 1. The van der Waals surface area contributed by atoms with E-state index < -0.39 is 29.4 Å². The molecule has 1 fully saturated rings. The topological polar surface area (TPSA) is 84.4 Å². The van der Waals surface area contributed by atoms with Crippen LogP contribution < -0.4 is 10.2 Å². The summed E-state index contributed by atoms with van der Waals surface area (Å²) in [6, 6.07) is 14.1. The Labute approximate surface area is 247 Å². The summed E-state index contributed by atoms with van der Waals surface area (Å²) in [6.45, 7) is 0.887. The number of ether oxygens (including phenoxy) is 1. The van der Waals surface area contributed by atoms with Gasteiger partial charge >= 0.3 is 12.1 Å². The van der Waals surface area contributed by atoms with Gasteiger partial charge in [-0.3, -0.25) is 14.9 Å². The lowest BCUT2D eigenvalue weighted by Crippen LogP contribution is -2.44. The first-order valence-electron chi connectivity index (χ1n) is 12.7. The maximum Gasteiger partial charge on any atom is 0.419 e. The van der Waals surface area contributed by atoms with Crippen LogP contribution in [0, 0.1) is 11.7 Å². The highest BCUT2D eigenvalue weighted by molar-refractivity contribution is 7.14. The smallest absolute Gasteiger partial charge is 0.419 e. The lowest BCUT2D eigenvalue weighted by molar-refractivity contribution is -0.146. The summed E-state index contributed by atoms with van der Waals surface area (Å²) in [5.41, 5.74) is -0.641. The molecule has 1 aliphatic heterocycles. The van der Waals surface area contributed by atoms with Crippen molar-refractivity contribution in [1.82, 2.24) is 9.97 Å². The van der Waals surface area contributed by atoms with Crippen molar-refractivity contribution in [2.24, 2.45) is 5.92 Å². The Morgan fingerprint density at radius 1 is 1.14 bits per heavy atom. The number of pyridine rings is 1. The Morgan fingerprint density at radius 2 is 1.90 bits per heavy atom. The second-order valence-corrected chi connectivity index (χ2v) is 10.8. The molecular weight excluding hydrogens is 596 g/mol. The highest BCUT2D eigenvalue weighted by Gasteiger charge is 2.37. The number of nitrogens with zero attached hydrogens (tertiary/aromatic N) is 3. The number of halogens is 5. The van der Waals surface area contributed by atoms with Crippen LogP contribution in [0.1, 0.15) is 33.8 Å². The SMILES string of the molecule is COC(=O)C1CN(c2ncc(C(=O)Nc3nc(-c4cccc(C(F)(F)F)c4F)cs3)cc2Cl)CCC1c1ccccc1. The van der Waals surface area contributed by atoms with Crippen LogP contribution >= 0.6 is 22.9 Å². The molecule has 2 atom stereocenters. The van der Waals surface area contributed by atoms with Crippen molar-refractivity contribution < 1.29 is 31.9 Å². The van der Waals surface area contributed by atoms with E-state index in [2.05, 4.69) is 15.3 Å². The fourth-order valence-electron chi connectivity index (χ4n) is 4.99. The third kappa shape index (κ3) is 6.09. The number of esters is 1. The fourth-order valence-corrected chi connectivity index (χ4v) is 5.99. The molecule has 42 heavy (non-hydrogen) atoms. The number of methoxy groups -OCH3 is 1. The molecule has 3 heterocycles. The van der Waals surface area contributed by atoms with E-state index >= 15 is 0 Å². The second kappa shape index (κ2) is 12.1. The summed E-state index contributed by atoms with van der Waals surface area (Å²) in [6.07, 6.45) is -2.87. The molecule has 4 aromatic rings. The van der Waals surface area contributed by atoms with Gasteiger partial charge in [-0.25, -0.2) is 14.4 Å². The molecule has 5 rings (SSSR count). The summed E-state index contributed by atoms with van der Waals surface area (Å²) in [7, 11) is 1.35. The molecule has 2 unspecified atom stereocenters. The molecule has 1 saturated heterocycles. The molecule has 7 nitrogen and oxygen atoms in total. The van der Waals surface area contributed by atoms with Crippen LogP contribution in [0.2, 0.25) is 5.02 Å². The largest absolute Gasteiger partial charge is 0.469 e. The van der Waals surface area contributed by atoms with Crippen molar-refractivity contribution >= 4 is 45.8 Å². The average Bonchev–Trinajstić information content (AvgIpc) is 3.44. The lowest BCUT2D eigenvalue weighted by Gasteiger charge is -2.38. The van der Waals surface area contributed by atoms with Crippen molar-refractivity contribution in [1.29, 1.82) is 0 Å². The Morgan fingerprint density at radius 3 is 2.60 bits per heavy atom. The van der Waals surface area contributed by atoms with Gasteiger partial charge < -0.3 is 9.64 Å². The monoisotopic (exact) mass is 618 g/mol. The molecule has 13 heteroatoms. The van der Waals surface area contributed by atoms with Crippen LogP contribution in [0.3, 0.4) is 0 Å². The van der Waals surface area contributed by atoms with Crippen LogP contribution in [0.25, 0.3) is 11.3 Å². The van der Waals surface area contributed by atoms with Gasteiger partial charge in [0.2, 0.25) is 0 Å². The van der Waals surface area contributed by atoms with Gasteiger partial charge in [0.05, 0.1) is 34.9 Å². The van der Waals surface area contributed by atoms with Gasteiger partial charge in [-0.05, 0) is 30.2 Å². The third-order valence-corrected chi connectivity index (χ3v) is 8.07. The summed E-state index contributed by atoms with van der Waals surface area (Å²) in [4.78, 5) is 35.9. The van der Waals surface area contributed by atoms with Gasteiger partial charge in [0.1, 0.15) is 11.6 Å². The van der Waals surface area contributed by atoms with Crippen LogP contribution in [0.15, 0.2) is 66.2 Å². The van der Waals surface area contributed by atoms with E-state index in [-0.39, 0.29) is 38.9 Å². The molecule has 0 spiro atoms. The minimum Gasteiger partial charge on any atom is -0.469 e. The first-order chi connectivity index (χ1) is 20.1. The van der Waals surface area contributed by atoms with Gasteiger partial charge in [-0.2, -0.15) is 13.2 Å². The fraction of sp³-hybridized carbons (Fsp3) is 0.241. The maximum atomic E-state index is 14.5. The number of piperidine rings is 1. The molecule has 2 aromatic carbocycles. The number of aromatic nitrogens is 2. The highest BCUT2D eigenvalue weighted by atomic mass is 35.5. The number of hydrogen-bond acceptors (Lipinski definition) is 7. The Bertz CT molecular complexity index is 1620. The minimum atomic E-state index is -4.86. The number of carbonyl (C=O) groups excluding carboxylic acids is 2. The zero-order chi connectivity index (χ0) is 30.0. The lowest BCUT2D eigenvalue weighted by atomic mass is 9.80. The van der Waals surface area contributed by atoms with E-state index in [1.165, 1.54) is 30.8 Å². The third-order valence-electron chi connectivity index (χ3n) is 7.03. The number of alkyl halides is 3. The predicted octanol–water partition coefficient (Wildman–Crippen LogP) is 7.05. The molecule has 1 aliphatic rings. The molecular formula is C29H23ClF4N4O3S. The van der Waals surface area contributed by atoms with E-state index in [0.717, 1.165) is 23.0 Å². The average molecular weight is 619 g/mol. The molecule has 0 bridgehead atoms. The zero-order valence-electron chi connectivity index (χ0n) is 22.0. The molecule has 1 amide bonds. The second-order valence-electron chi connectivity index (χ2n) is 9.57. The van der Waals surface area contributed by atoms with Crippen molar-refractivity contribution in [2.75, 3.05) is 30.4 Å². The van der Waals surface area contributed by atoms with Crippen molar-refractivity contribution in [3.63, 3.8) is 0 Å². The number of nitrogens with one attached hydrogen (secondary N) is 1. The molecule has 218 valence electrons. The quantitative estimate of drug-likeness (QED) is 0.184. The van der Waals surface area contributed by atoms with Crippen LogP contribution in [0.4, 0.5) is 28.5 Å². The normalized spacial score (nSPS) is 17.1. The first kappa shape index (κ1) is 29.5. The van der Waals surface area contributed by atoms with E-state index in [1.807, 2.05) is 35.2 Å². The van der Waals surface area contributed by atoms with Gasteiger partial charge in [-0.1, -0.05) is 48.0 Å². The summed E-state index contributed by atoms with van der Waals surface area (Å²) < 4.78 is 58.9. The summed E-state index contributed by atoms with van der Waals surface area (Å²) in [5.74, 6) is -2.48. The Balaban J connectivity index is 1.30. The number of rotatable bonds is 6. The minimum absolute atomic E-state index is 0.0358. The number of thiazole rings is 1. The Hall–Kier alpha value is -4.03. The van der Waals surface area contributed by atoms with E-state index in [4.69, 9.17) is 16.3 Å². The van der Waals surface area contributed by atoms with Gasteiger partial charge in [0.15, 0.2) is 5.13 Å².